The number of carboxylic acids is 1. The number of allylic oxidation sites excluding steroid dienone is 3. The van der Waals surface area contributed by atoms with Gasteiger partial charge in [-0.3, -0.25) is 4.79 Å². The molecular weight excluding hydrogens is 292 g/mol. The van der Waals surface area contributed by atoms with Crippen LogP contribution in [0.2, 0.25) is 0 Å². The zero-order chi connectivity index (χ0) is 16.4. The van der Waals surface area contributed by atoms with Gasteiger partial charge in [-0.25, -0.2) is 4.79 Å². The number of carboxylic acid groups (broad SMARTS) is 1. The molecule has 0 bridgehead atoms. The molecule has 0 saturated heterocycles. The highest BCUT2D eigenvalue weighted by molar-refractivity contribution is 7.80. The van der Waals surface area contributed by atoms with Crippen LogP contribution in [0.3, 0.4) is 0 Å². The number of amides is 1. The van der Waals surface area contributed by atoms with Crippen molar-refractivity contribution in [3.63, 3.8) is 0 Å². The van der Waals surface area contributed by atoms with E-state index in [-0.39, 0.29) is 29.2 Å². The summed E-state index contributed by atoms with van der Waals surface area (Å²) in [5.41, 5.74) is 5.31. The molecule has 0 fully saturated rings. The number of aliphatic hydroxyl groups excluding tert-OH is 1. The standard InChI is InChI=1S/C14H20N2O4S/c1-3-5-9(11(17)6-4-2)13(18)16-10(14(19)20)7-8-12(15)21/h3-6,10,17H,7-8H2,1-2H3,(H2,15,21)(H,16,18)(H,19,20)/b5-3-,6-4-,11-9-. The van der Waals surface area contributed by atoms with Gasteiger partial charge in [0.1, 0.15) is 11.8 Å². The van der Waals surface area contributed by atoms with Gasteiger partial charge in [-0.2, -0.15) is 0 Å². The van der Waals surface area contributed by atoms with Crippen LogP contribution in [-0.2, 0) is 9.59 Å². The van der Waals surface area contributed by atoms with Crippen molar-refractivity contribution < 1.29 is 19.8 Å². The Morgan fingerprint density at radius 3 is 2.24 bits per heavy atom. The van der Waals surface area contributed by atoms with E-state index in [0.717, 1.165) is 0 Å². The minimum atomic E-state index is -1.19. The van der Waals surface area contributed by atoms with E-state index < -0.39 is 17.9 Å². The third-order valence-electron chi connectivity index (χ3n) is 2.46. The monoisotopic (exact) mass is 312 g/mol. The van der Waals surface area contributed by atoms with Crippen molar-refractivity contribution in [1.29, 1.82) is 0 Å². The van der Waals surface area contributed by atoms with Crippen molar-refractivity contribution in [2.24, 2.45) is 5.73 Å². The van der Waals surface area contributed by atoms with Gasteiger partial charge < -0.3 is 21.3 Å². The van der Waals surface area contributed by atoms with E-state index in [9.17, 15) is 14.7 Å². The lowest BCUT2D eigenvalue weighted by atomic mass is 10.1. The summed E-state index contributed by atoms with van der Waals surface area (Å²) >= 11 is 4.69. The summed E-state index contributed by atoms with van der Waals surface area (Å²) < 4.78 is 0. The summed E-state index contributed by atoms with van der Waals surface area (Å²) in [7, 11) is 0. The van der Waals surface area contributed by atoms with Crippen molar-refractivity contribution in [2.45, 2.75) is 32.7 Å². The van der Waals surface area contributed by atoms with Crippen LogP contribution < -0.4 is 11.1 Å². The molecule has 0 spiro atoms. The Bertz CT molecular complexity index is 495. The van der Waals surface area contributed by atoms with Crippen LogP contribution in [0.1, 0.15) is 26.7 Å². The van der Waals surface area contributed by atoms with Gasteiger partial charge in [-0.15, -0.1) is 0 Å². The Kier molecular flexibility index (Phi) is 8.71. The largest absolute Gasteiger partial charge is 0.507 e. The summed E-state index contributed by atoms with van der Waals surface area (Å²) in [6.45, 7) is 3.36. The van der Waals surface area contributed by atoms with Crippen LogP contribution in [0.4, 0.5) is 0 Å². The van der Waals surface area contributed by atoms with Crippen LogP contribution >= 0.6 is 12.2 Å². The van der Waals surface area contributed by atoms with E-state index in [1.165, 1.54) is 12.2 Å². The molecule has 21 heavy (non-hydrogen) atoms. The zero-order valence-electron chi connectivity index (χ0n) is 12.0. The van der Waals surface area contributed by atoms with Gasteiger partial charge in [0.15, 0.2) is 0 Å². The molecule has 0 aromatic carbocycles. The first-order valence-electron chi connectivity index (χ1n) is 6.34. The minimum Gasteiger partial charge on any atom is -0.507 e. The fourth-order valence-corrected chi connectivity index (χ4v) is 1.59. The summed E-state index contributed by atoms with van der Waals surface area (Å²) in [4.78, 5) is 23.4. The molecule has 1 unspecified atom stereocenters. The molecule has 0 aliphatic rings. The molecule has 0 heterocycles. The molecule has 7 heteroatoms. The number of aliphatic hydroxyl groups is 1. The molecule has 5 N–H and O–H groups in total. The number of thiocarbonyl (C=S) groups is 1. The Labute approximate surface area is 129 Å². The first kappa shape index (κ1) is 18.9. The van der Waals surface area contributed by atoms with E-state index in [1.54, 1.807) is 26.0 Å². The number of hydrogen-bond acceptors (Lipinski definition) is 4. The van der Waals surface area contributed by atoms with Crippen molar-refractivity contribution in [1.82, 2.24) is 5.32 Å². The Balaban J connectivity index is 5.13. The van der Waals surface area contributed by atoms with E-state index >= 15 is 0 Å². The van der Waals surface area contributed by atoms with Crippen LogP contribution in [-0.4, -0.2) is 33.1 Å². The number of carbonyl (C=O) groups excluding carboxylic acids is 1. The van der Waals surface area contributed by atoms with Crippen LogP contribution in [0.15, 0.2) is 35.6 Å². The predicted molar refractivity (Wildman–Crippen MR) is 84.9 cm³/mol. The molecule has 1 amide bonds. The van der Waals surface area contributed by atoms with Gasteiger partial charge in [0.25, 0.3) is 5.91 Å². The van der Waals surface area contributed by atoms with Gasteiger partial charge in [-0.1, -0.05) is 24.4 Å². The maximum atomic E-state index is 12.1. The Morgan fingerprint density at radius 1 is 1.24 bits per heavy atom. The fourth-order valence-electron chi connectivity index (χ4n) is 1.47. The highest BCUT2D eigenvalue weighted by Gasteiger charge is 2.22. The predicted octanol–water partition coefficient (Wildman–Crippen LogP) is 1.59. The van der Waals surface area contributed by atoms with E-state index in [1.807, 2.05) is 0 Å². The first-order valence-corrected chi connectivity index (χ1v) is 6.74. The second kappa shape index (κ2) is 9.71. The highest BCUT2D eigenvalue weighted by atomic mass is 32.1. The molecule has 0 aliphatic carbocycles. The van der Waals surface area contributed by atoms with Gasteiger partial charge in [0.05, 0.1) is 10.6 Å². The number of hydrogen-bond donors (Lipinski definition) is 4. The quantitative estimate of drug-likeness (QED) is 0.234. The van der Waals surface area contributed by atoms with Crippen LogP contribution in [0.25, 0.3) is 0 Å². The molecule has 1 atom stereocenters. The lowest BCUT2D eigenvalue weighted by Crippen LogP contribution is -2.42. The zero-order valence-corrected chi connectivity index (χ0v) is 12.8. The summed E-state index contributed by atoms with van der Waals surface area (Å²) in [6, 6.07) is -1.13. The molecule has 0 rings (SSSR count). The Hall–Kier alpha value is -2.15. The minimum absolute atomic E-state index is 0.0165. The van der Waals surface area contributed by atoms with Gasteiger partial charge in [0.2, 0.25) is 0 Å². The van der Waals surface area contributed by atoms with Crippen LogP contribution in [0, 0.1) is 0 Å². The average molecular weight is 312 g/mol. The van der Waals surface area contributed by atoms with Crippen LogP contribution in [0.5, 0.6) is 0 Å². The topological polar surface area (TPSA) is 113 Å². The molecule has 0 radical (unpaired) electrons. The third-order valence-corrected chi connectivity index (χ3v) is 2.67. The van der Waals surface area contributed by atoms with Crippen molar-refractivity contribution in [3.8, 4) is 0 Å². The van der Waals surface area contributed by atoms with Crippen molar-refractivity contribution in [3.05, 3.63) is 35.6 Å². The first-order chi connectivity index (χ1) is 9.83. The maximum Gasteiger partial charge on any atom is 0.326 e. The van der Waals surface area contributed by atoms with E-state index in [4.69, 9.17) is 10.8 Å². The molecule has 6 nitrogen and oxygen atoms in total. The van der Waals surface area contributed by atoms with E-state index in [2.05, 4.69) is 17.5 Å². The van der Waals surface area contributed by atoms with Gasteiger partial charge >= 0.3 is 5.97 Å². The molecule has 0 aromatic heterocycles. The molecular formula is C14H20N2O4S. The molecule has 0 aromatic rings. The van der Waals surface area contributed by atoms with Crippen molar-refractivity contribution in [2.75, 3.05) is 0 Å². The fraction of sp³-hybridized carbons (Fsp3) is 0.357. The third kappa shape index (κ3) is 7.26. The number of nitrogens with one attached hydrogen (secondary N) is 1. The number of aliphatic carboxylic acids is 1. The SMILES string of the molecule is C\C=C/C(O)=C(\C=C/C)C(=O)NC(CCC(N)=S)C(=O)O. The smallest absolute Gasteiger partial charge is 0.326 e. The highest BCUT2D eigenvalue weighted by Crippen LogP contribution is 2.08. The number of carbonyl (C=O) groups is 2. The van der Waals surface area contributed by atoms with Gasteiger partial charge in [-0.05, 0) is 32.4 Å². The normalized spacial score (nSPS) is 14.0. The maximum absolute atomic E-state index is 12.1. The summed E-state index contributed by atoms with van der Waals surface area (Å²) in [6.07, 6.45) is 6.17. The molecule has 0 saturated carbocycles. The summed E-state index contributed by atoms with van der Waals surface area (Å²) in [5.74, 6) is -2.12. The molecule has 116 valence electrons. The summed E-state index contributed by atoms with van der Waals surface area (Å²) in [5, 5.41) is 21.2. The second-order valence-corrected chi connectivity index (χ2v) is 4.69. The second-order valence-electron chi connectivity index (χ2n) is 4.17. The van der Waals surface area contributed by atoms with Crippen molar-refractivity contribution >= 4 is 29.1 Å². The lowest BCUT2D eigenvalue weighted by Gasteiger charge is -2.15. The Morgan fingerprint density at radius 2 is 1.81 bits per heavy atom. The lowest BCUT2D eigenvalue weighted by molar-refractivity contribution is -0.141. The molecule has 0 aliphatic heterocycles. The number of rotatable bonds is 8. The average Bonchev–Trinajstić information content (AvgIpc) is 2.40. The van der Waals surface area contributed by atoms with E-state index in [0.29, 0.717) is 0 Å². The van der Waals surface area contributed by atoms with Gasteiger partial charge in [0, 0.05) is 6.42 Å². The number of nitrogens with two attached hydrogens (primary N) is 1.